The van der Waals surface area contributed by atoms with Crippen LogP contribution in [0.1, 0.15) is 0 Å². The molecule has 0 aliphatic heterocycles. The van der Waals surface area contributed by atoms with Gasteiger partial charge in [-0.05, 0) is 76.3 Å². The third kappa shape index (κ3) is 5.31. The number of fused-ring (bicyclic) bond motifs is 6. The fourth-order valence-corrected chi connectivity index (χ4v) is 8.16. The van der Waals surface area contributed by atoms with E-state index in [9.17, 15) is 0 Å². The molecule has 11 aromatic rings. The number of benzene rings is 8. The molecule has 0 saturated heterocycles. The zero-order valence-corrected chi connectivity index (χ0v) is 30.3. The highest BCUT2D eigenvalue weighted by molar-refractivity contribution is 6.12. The summed E-state index contributed by atoms with van der Waals surface area (Å²) in [6.45, 7) is 0. The van der Waals surface area contributed by atoms with Crippen LogP contribution in [0.25, 0.3) is 106 Å². The Hall–Kier alpha value is -7.56. The van der Waals surface area contributed by atoms with Gasteiger partial charge < -0.3 is 8.98 Å². The quantitative estimate of drug-likeness (QED) is 0.172. The number of rotatable bonds is 6. The number of hydrogen-bond acceptors (Lipinski definition) is 3. The Balaban J connectivity index is 1.07. The molecular weight excluding hydrogens is 683 g/mol. The molecule has 0 bridgehead atoms. The molecule has 11 rings (SSSR count). The van der Waals surface area contributed by atoms with Crippen molar-refractivity contribution >= 4 is 43.9 Å². The van der Waals surface area contributed by atoms with Crippen molar-refractivity contribution in [3.05, 3.63) is 200 Å². The average Bonchev–Trinajstić information content (AvgIpc) is 3.83. The molecule has 3 heterocycles. The van der Waals surface area contributed by atoms with Crippen molar-refractivity contribution in [2.45, 2.75) is 0 Å². The van der Waals surface area contributed by atoms with Crippen LogP contribution in [0.2, 0.25) is 0 Å². The molecule has 0 fully saturated rings. The summed E-state index contributed by atoms with van der Waals surface area (Å²) in [5.41, 5.74) is 15.1. The fraction of sp³-hybridized carbons (Fsp3) is 0. The molecule has 4 heteroatoms. The second-order valence-corrected chi connectivity index (χ2v) is 14.2. The first-order chi connectivity index (χ1) is 27.8. The van der Waals surface area contributed by atoms with E-state index in [1.165, 1.54) is 21.8 Å². The van der Waals surface area contributed by atoms with E-state index in [4.69, 9.17) is 14.4 Å². The standard InChI is InChI=1S/C52H33N3O/c1-4-15-34(16-5-1)36-19-13-22-40(32-36)48-51-49(54-52(53-48)35-17-6-2-7-18-35)44-27-14-26-42(50(44)56-51)39-21-12-20-37(31-39)38-29-30-47-45(33-38)43-25-10-11-28-46(43)55(47)41-23-8-3-9-24-41/h1-33H. The van der Waals surface area contributed by atoms with Crippen molar-refractivity contribution in [1.82, 2.24) is 14.5 Å². The maximum Gasteiger partial charge on any atom is 0.180 e. The maximum absolute atomic E-state index is 6.93. The molecule has 8 aromatic carbocycles. The van der Waals surface area contributed by atoms with E-state index in [-0.39, 0.29) is 0 Å². The number of hydrogen-bond donors (Lipinski definition) is 0. The van der Waals surface area contributed by atoms with Crippen LogP contribution < -0.4 is 0 Å². The van der Waals surface area contributed by atoms with Crippen LogP contribution in [0, 0.1) is 0 Å². The van der Waals surface area contributed by atoms with E-state index in [1.54, 1.807) is 0 Å². The van der Waals surface area contributed by atoms with E-state index < -0.39 is 0 Å². The van der Waals surface area contributed by atoms with E-state index in [0.717, 1.165) is 72.4 Å². The van der Waals surface area contributed by atoms with Crippen molar-refractivity contribution in [3.8, 4) is 61.7 Å². The predicted octanol–water partition coefficient (Wildman–Crippen LogP) is 13.8. The van der Waals surface area contributed by atoms with E-state index in [0.29, 0.717) is 11.4 Å². The van der Waals surface area contributed by atoms with Crippen molar-refractivity contribution in [3.63, 3.8) is 0 Å². The minimum Gasteiger partial charge on any atom is -0.451 e. The lowest BCUT2D eigenvalue weighted by atomic mass is 9.97. The van der Waals surface area contributed by atoms with Gasteiger partial charge in [0.15, 0.2) is 11.4 Å². The van der Waals surface area contributed by atoms with Gasteiger partial charge in [0.2, 0.25) is 0 Å². The molecular formula is C52H33N3O. The predicted molar refractivity (Wildman–Crippen MR) is 231 cm³/mol. The molecule has 262 valence electrons. The van der Waals surface area contributed by atoms with Gasteiger partial charge in [-0.15, -0.1) is 0 Å². The Kier molecular flexibility index (Phi) is 7.46. The van der Waals surface area contributed by atoms with E-state index >= 15 is 0 Å². The van der Waals surface area contributed by atoms with Crippen LogP contribution in [0.5, 0.6) is 0 Å². The summed E-state index contributed by atoms with van der Waals surface area (Å²) < 4.78 is 9.28. The molecule has 0 N–H and O–H groups in total. The van der Waals surface area contributed by atoms with Crippen molar-refractivity contribution in [2.75, 3.05) is 0 Å². The van der Waals surface area contributed by atoms with Gasteiger partial charge in [0.1, 0.15) is 16.8 Å². The van der Waals surface area contributed by atoms with Gasteiger partial charge >= 0.3 is 0 Å². The van der Waals surface area contributed by atoms with Gasteiger partial charge in [-0.25, -0.2) is 9.97 Å². The Bertz CT molecular complexity index is 3240. The van der Waals surface area contributed by atoms with Crippen LogP contribution in [0.4, 0.5) is 0 Å². The molecule has 0 radical (unpaired) electrons. The molecule has 0 unspecified atom stereocenters. The smallest absolute Gasteiger partial charge is 0.180 e. The summed E-state index contributed by atoms with van der Waals surface area (Å²) in [5.74, 6) is 0.664. The molecule has 0 aliphatic rings. The summed E-state index contributed by atoms with van der Waals surface area (Å²) in [6, 6.07) is 70.3. The maximum atomic E-state index is 6.93. The van der Waals surface area contributed by atoms with Gasteiger partial charge in [-0.1, -0.05) is 152 Å². The van der Waals surface area contributed by atoms with Crippen LogP contribution in [-0.2, 0) is 0 Å². The Morgan fingerprint density at radius 1 is 0.357 bits per heavy atom. The monoisotopic (exact) mass is 715 g/mol. The van der Waals surface area contributed by atoms with Gasteiger partial charge in [-0.2, -0.15) is 0 Å². The van der Waals surface area contributed by atoms with Crippen LogP contribution in [-0.4, -0.2) is 14.5 Å². The topological polar surface area (TPSA) is 43.9 Å². The molecule has 56 heavy (non-hydrogen) atoms. The lowest BCUT2D eigenvalue weighted by Crippen LogP contribution is -1.94. The van der Waals surface area contributed by atoms with Crippen molar-refractivity contribution in [2.24, 2.45) is 0 Å². The van der Waals surface area contributed by atoms with E-state index in [1.807, 2.05) is 24.3 Å². The fourth-order valence-electron chi connectivity index (χ4n) is 8.16. The zero-order chi connectivity index (χ0) is 37.0. The Morgan fingerprint density at radius 2 is 0.929 bits per heavy atom. The van der Waals surface area contributed by atoms with E-state index in [2.05, 4.69) is 180 Å². The summed E-state index contributed by atoms with van der Waals surface area (Å²) >= 11 is 0. The largest absolute Gasteiger partial charge is 0.451 e. The zero-order valence-electron chi connectivity index (χ0n) is 30.3. The van der Waals surface area contributed by atoms with Gasteiger partial charge in [0.05, 0.1) is 11.0 Å². The lowest BCUT2D eigenvalue weighted by molar-refractivity contribution is 0.668. The average molecular weight is 716 g/mol. The van der Waals surface area contributed by atoms with Crippen molar-refractivity contribution < 1.29 is 4.42 Å². The highest BCUT2D eigenvalue weighted by Gasteiger charge is 2.21. The second-order valence-electron chi connectivity index (χ2n) is 14.2. The molecule has 0 spiro atoms. The highest BCUT2D eigenvalue weighted by Crippen LogP contribution is 2.41. The van der Waals surface area contributed by atoms with Crippen LogP contribution >= 0.6 is 0 Å². The molecule has 0 saturated carbocycles. The lowest BCUT2D eigenvalue weighted by Gasteiger charge is -2.09. The second kappa shape index (κ2) is 13.1. The molecule has 0 atom stereocenters. The molecule has 4 nitrogen and oxygen atoms in total. The van der Waals surface area contributed by atoms with Crippen molar-refractivity contribution in [1.29, 1.82) is 0 Å². The summed E-state index contributed by atoms with van der Waals surface area (Å²) in [4.78, 5) is 10.4. The minimum absolute atomic E-state index is 0.664. The first-order valence-corrected chi connectivity index (χ1v) is 18.9. The van der Waals surface area contributed by atoms with Gasteiger partial charge in [0.25, 0.3) is 0 Å². The summed E-state index contributed by atoms with van der Waals surface area (Å²) in [6.07, 6.45) is 0. The SMILES string of the molecule is c1ccc(-c2cccc(-c3nc(-c4ccccc4)nc4c3oc3c(-c5cccc(-c6ccc7c(c6)c6ccccc6n7-c6ccccc6)c5)cccc34)c2)cc1. The normalized spacial score (nSPS) is 11.6. The first-order valence-electron chi connectivity index (χ1n) is 18.9. The molecule has 0 amide bonds. The first kappa shape index (κ1) is 31.9. The number of para-hydroxylation sites is 3. The Labute approximate surface area is 323 Å². The van der Waals surface area contributed by atoms with Gasteiger partial charge in [-0.3, -0.25) is 0 Å². The summed E-state index contributed by atoms with van der Waals surface area (Å²) in [7, 11) is 0. The van der Waals surface area contributed by atoms with Crippen LogP contribution in [0.15, 0.2) is 205 Å². The molecule has 3 aromatic heterocycles. The minimum atomic E-state index is 0.664. The number of furan rings is 1. The number of nitrogens with zero attached hydrogens (tertiary/aromatic N) is 3. The third-order valence-corrected chi connectivity index (χ3v) is 10.8. The van der Waals surface area contributed by atoms with Crippen LogP contribution in [0.3, 0.4) is 0 Å². The number of aromatic nitrogens is 3. The van der Waals surface area contributed by atoms with Gasteiger partial charge in [0, 0.05) is 38.5 Å². The summed E-state index contributed by atoms with van der Waals surface area (Å²) in [5, 5.41) is 3.42. The Morgan fingerprint density at radius 3 is 1.73 bits per heavy atom. The third-order valence-electron chi connectivity index (χ3n) is 10.8. The molecule has 0 aliphatic carbocycles. The highest BCUT2D eigenvalue weighted by atomic mass is 16.3.